The van der Waals surface area contributed by atoms with E-state index in [9.17, 15) is 41.4 Å². The van der Waals surface area contributed by atoms with Crippen LogP contribution in [0.25, 0.3) is 0 Å². The number of carbonyl (C=O) groups excluding carboxylic acids is 1. The number of carboxylic acids is 1. The van der Waals surface area contributed by atoms with Crippen LogP contribution in [0.15, 0.2) is 23.1 Å². The number of carboxylic acid groups (broad SMARTS) is 1. The second-order valence-corrected chi connectivity index (χ2v) is 5.26. The molecule has 0 amide bonds. The monoisotopic (exact) mass is 319 g/mol. The van der Waals surface area contributed by atoms with Gasteiger partial charge in [-0.25, -0.2) is 8.42 Å². The normalized spacial score (nSPS) is 9.71. The maximum atomic E-state index is 11.1. The first-order valence-corrected chi connectivity index (χ1v) is 6.48. The number of hydrogen-bond acceptors (Lipinski definition) is 6. The molecule has 1 aromatic rings. The molecule has 0 aliphatic heterocycles. The van der Waals surface area contributed by atoms with Crippen LogP contribution in [0.3, 0.4) is 0 Å². The second-order valence-electron chi connectivity index (χ2n) is 3.24. The van der Waals surface area contributed by atoms with E-state index in [1.165, 1.54) is 0 Å². The number of rotatable bonds is 3. The molecule has 0 aliphatic carbocycles. The van der Waals surface area contributed by atoms with Gasteiger partial charge in [-0.05, 0) is 12.1 Å². The number of nitrogens with zero attached hydrogens (tertiary/aromatic N) is 1. The standard InChI is InChI=1S/C8H7NO6S.BF3.Li/c1-16(14,15)5-2-3-6(8(10)11)7(4-5)9(12)13;2-1(3)4;/h2-4H,1H3,(H,10,11);;/q;;+1/p-1. The minimum Gasteiger partial charge on any atom is -0.545 e. The Morgan fingerprint density at radius 1 is 1.29 bits per heavy atom. The molecule has 110 valence electrons. The Morgan fingerprint density at radius 3 is 2.00 bits per heavy atom. The Labute approximate surface area is 129 Å². The molecule has 21 heavy (non-hydrogen) atoms. The van der Waals surface area contributed by atoms with Gasteiger partial charge in [-0.2, -0.15) is 0 Å². The van der Waals surface area contributed by atoms with Gasteiger partial charge in [0.05, 0.1) is 21.4 Å². The molecule has 0 saturated heterocycles. The van der Waals surface area contributed by atoms with Crippen molar-refractivity contribution in [2.24, 2.45) is 0 Å². The van der Waals surface area contributed by atoms with Crippen LogP contribution in [0.5, 0.6) is 0 Å². The summed E-state index contributed by atoms with van der Waals surface area (Å²) in [5.41, 5.74) is -1.46. The Morgan fingerprint density at radius 2 is 1.71 bits per heavy atom. The maximum absolute atomic E-state index is 11.1. The summed E-state index contributed by atoms with van der Waals surface area (Å²) in [5, 5.41) is 21.0. The van der Waals surface area contributed by atoms with Gasteiger partial charge in [0.2, 0.25) is 0 Å². The number of hydrogen-bond donors (Lipinski definition) is 0. The summed E-state index contributed by atoms with van der Waals surface area (Å²) in [5.74, 6) is -1.73. The number of carbonyl (C=O) groups is 1. The van der Waals surface area contributed by atoms with Gasteiger partial charge < -0.3 is 9.90 Å². The van der Waals surface area contributed by atoms with Gasteiger partial charge in [-0.1, -0.05) is 0 Å². The Bertz CT molecular complexity index is 624. The Balaban J connectivity index is 0. The first kappa shape index (κ1) is 21.8. The fourth-order valence-corrected chi connectivity index (χ4v) is 1.71. The van der Waals surface area contributed by atoms with Crippen molar-refractivity contribution >= 4 is 29.0 Å². The fraction of sp³-hybridized carbons (Fsp3) is 0.125. The predicted octanol–water partition coefficient (Wildman–Crippen LogP) is -2.75. The molecule has 13 heteroatoms. The first-order chi connectivity index (χ1) is 8.96. The fourth-order valence-electron chi connectivity index (χ4n) is 1.07. The van der Waals surface area contributed by atoms with Crippen LogP contribution < -0.4 is 24.0 Å². The zero-order valence-electron chi connectivity index (χ0n) is 10.7. The predicted molar refractivity (Wildman–Crippen MR) is 59.6 cm³/mol. The molecule has 0 fully saturated rings. The summed E-state index contributed by atoms with van der Waals surface area (Å²) in [6.45, 7) is 0. The summed E-state index contributed by atoms with van der Waals surface area (Å²) < 4.78 is 51.2. The minimum absolute atomic E-state index is 0. The van der Waals surface area contributed by atoms with E-state index in [0.29, 0.717) is 6.07 Å². The van der Waals surface area contributed by atoms with Crippen LogP contribution in [0, 0.1) is 10.1 Å². The van der Waals surface area contributed by atoms with Crippen LogP contribution in [-0.4, -0.2) is 33.1 Å². The van der Waals surface area contributed by atoms with E-state index in [1.807, 2.05) is 0 Å². The van der Waals surface area contributed by atoms with Crippen molar-refractivity contribution < 1.29 is 55.0 Å². The summed E-state index contributed by atoms with van der Waals surface area (Å²) in [4.78, 5) is 19.8. The quantitative estimate of drug-likeness (QED) is 0.338. The Kier molecular flexibility index (Phi) is 9.03. The van der Waals surface area contributed by atoms with Crippen LogP contribution in [0.1, 0.15) is 10.4 Å². The van der Waals surface area contributed by atoms with Gasteiger partial charge in [0, 0.05) is 12.3 Å². The van der Waals surface area contributed by atoms with Gasteiger partial charge in [0.25, 0.3) is 5.69 Å². The molecule has 0 N–H and O–H groups in total. The van der Waals surface area contributed by atoms with Crippen LogP contribution in [-0.2, 0) is 9.84 Å². The second kappa shape index (κ2) is 8.71. The molecule has 0 unspecified atom stereocenters. The number of aromatic carboxylic acids is 1. The maximum Gasteiger partial charge on any atom is 1.00 e. The van der Waals surface area contributed by atoms with Gasteiger partial charge in [-0.3, -0.25) is 23.1 Å². The third kappa shape index (κ3) is 7.74. The van der Waals surface area contributed by atoms with E-state index in [0.717, 1.165) is 18.4 Å². The van der Waals surface area contributed by atoms with Crippen molar-refractivity contribution in [3.05, 3.63) is 33.9 Å². The molecule has 0 bridgehead atoms. The number of sulfone groups is 1. The smallest absolute Gasteiger partial charge is 0.545 e. The average Bonchev–Trinajstić information content (AvgIpc) is 2.25. The third-order valence-corrected chi connectivity index (χ3v) is 2.92. The molecule has 1 rings (SSSR count). The van der Waals surface area contributed by atoms with Crippen molar-refractivity contribution in [3.8, 4) is 0 Å². The van der Waals surface area contributed by atoms with Crippen molar-refractivity contribution in [1.29, 1.82) is 0 Å². The third-order valence-electron chi connectivity index (χ3n) is 1.81. The van der Waals surface area contributed by atoms with Crippen LogP contribution in [0.2, 0.25) is 0 Å². The molecule has 7 nitrogen and oxygen atoms in total. The van der Waals surface area contributed by atoms with E-state index in [2.05, 4.69) is 0 Å². The largest absolute Gasteiger partial charge is 1.00 e. The molecule has 0 aromatic heterocycles. The van der Waals surface area contributed by atoms with Gasteiger partial charge in [0.1, 0.15) is 0 Å². The van der Waals surface area contributed by atoms with E-state index in [1.54, 1.807) is 0 Å². The van der Waals surface area contributed by atoms with Crippen LogP contribution in [0.4, 0.5) is 18.6 Å². The summed E-state index contributed by atoms with van der Waals surface area (Å²) >= 11 is 0. The molecule has 0 radical (unpaired) electrons. The number of benzene rings is 1. The SMILES string of the molecule is CS(=O)(=O)c1ccc(C(=O)[O-])c([N+](=O)[O-])c1.FB(F)F.[Li+]. The van der Waals surface area contributed by atoms with E-state index in [4.69, 9.17) is 0 Å². The molecule has 1 aromatic carbocycles. The summed E-state index contributed by atoms with van der Waals surface area (Å²) in [6.07, 6.45) is 0.866. The topological polar surface area (TPSA) is 117 Å². The molecule has 0 heterocycles. The van der Waals surface area contributed by atoms with Crippen LogP contribution >= 0.6 is 0 Å². The number of nitro benzene ring substituents is 1. The minimum atomic E-state index is -3.67. The molecule has 0 aliphatic rings. The van der Waals surface area contributed by atoms with Crippen molar-refractivity contribution in [3.63, 3.8) is 0 Å². The average molecular weight is 319 g/mol. The summed E-state index contributed by atoms with van der Waals surface area (Å²) in [6, 6.07) is 2.51. The van der Waals surface area contributed by atoms with E-state index in [-0.39, 0.29) is 23.8 Å². The number of halogens is 3. The van der Waals surface area contributed by atoms with Crippen molar-refractivity contribution in [2.45, 2.75) is 4.90 Å². The van der Waals surface area contributed by atoms with Crippen molar-refractivity contribution in [1.82, 2.24) is 0 Å². The Hall–Kier alpha value is -1.51. The molecule has 0 spiro atoms. The zero-order valence-corrected chi connectivity index (χ0v) is 11.6. The molecule has 0 saturated carbocycles. The molecular weight excluding hydrogens is 313 g/mol. The zero-order chi connectivity index (χ0) is 16.1. The van der Waals surface area contributed by atoms with Gasteiger partial charge in [0.15, 0.2) is 9.84 Å². The van der Waals surface area contributed by atoms with Crippen molar-refractivity contribution in [2.75, 3.05) is 6.26 Å². The van der Waals surface area contributed by atoms with Gasteiger partial charge in [-0.15, -0.1) is 0 Å². The van der Waals surface area contributed by atoms with E-state index >= 15 is 0 Å². The number of nitro groups is 1. The first-order valence-electron chi connectivity index (χ1n) is 4.59. The summed E-state index contributed by atoms with van der Waals surface area (Å²) in [7, 11) is -7.29. The molecule has 0 atom stereocenters. The van der Waals surface area contributed by atoms with E-state index < -0.39 is 39.5 Å². The molecular formula is C8H6BF3LiNO6S. The van der Waals surface area contributed by atoms with Gasteiger partial charge >= 0.3 is 26.4 Å².